The molecule has 0 N–H and O–H groups in total. The third kappa shape index (κ3) is 4.45. The fourth-order valence-corrected chi connectivity index (χ4v) is 1.37. The molecule has 1 amide bonds. The lowest BCUT2D eigenvalue weighted by Crippen LogP contribution is -2.32. The Balaban J connectivity index is 2.29. The highest BCUT2D eigenvalue weighted by Crippen LogP contribution is 2.00. The summed E-state index contributed by atoms with van der Waals surface area (Å²) in [5.41, 5.74) is 1.25. The molecule has 0 aliphatic carbocycles. The van der Waals surface area contributed by atoms with E-state index in [1.54, 1.807) is 4.90 Å². The van der Waals surface area contributed by atoms with Crippen molar-refractivity contribution in [1.29, 1.82) is 0 Å². The molecule has 3 nitrogen and oxygen atoms in total. The lowest BCUT2D eigenvalue weighted by Gasteiger charge is -2.16. The maximum absolute atomic E-state index is 11.5. The molecule has 1 aromatic carbocycles. The number of ether oxygens (including phenoxy) is 1. The number of carbonyl (C=O) groups excluding carboxylic acids is 1. The van der Waals surface area contributed by atoms with Crippen LogP contribution < -0.4 is 0 Å². The highest BCUT2D eigenvalue weighted by Gasteiger charge is 2.07. The summed E-state index contributed by atoms with van der Waals surface area (Å²) in [6.07, 6.45) is 0.884. The first-order valence-electron chi connectivity index (χ1n) is 5.59. The predicted octanol–water partition coefficient (Wildman–Crippen LogP) is 1.72. The van der Waals surface area contributed by atoms with Gasteiger partial charge in [-0.2, -0.15) is 0 Å². The Labute approximate surface area is 97.0 Å². The molecular formula is C13H19NO2. The Morgan fingerprint density at radius 2 is 2.00 bits per heavy atom. The number of benzene rings is 1. The van der Waals surface area contributed by atoms with Crippen molar-refractivity contribution in [2.45, 2.75) is 13.3 Å². The zero-order valence-corrected chi connectivity index (χ0v) is 9.98. The van der Waals surface area contributed by atoms with Crippen LogP contribution >= 0.6 is 0 Å². The molecule has 16 heavy (non-hydrogen) atoms. The summed E-state index contributed by atoms with van der Waals surface area (Å²) >= 11 is 0. The number of hydrogen-bond donors (Lipinski definition) is 0. The summed E-state index contributed by atoms with van der Waals surface area (Å²) in [5.74, 6) is 0.0396. The molecule has 0 aliphatic heterocycles. The molecule has 0 spiro atoms. The van der Waals surface area contributed by atoms with E-state index in [1.165, 1.54) is 5.56 Å². The van der Waals surface area contributed by atoms with Crippen LogP contribution in [0.4, 0.5) is 0 Å². The van der Waals surface area contributed by atoms with E-state index in [2.05, 4.69) is 12.1 Å². The first-order valence-corrected chi connectivity index (χ1v) is 5.59. The van der Waals surface area contributed by atoms with Crippen molar-refractivity contribution >= 4 is 5.91 Å². The van der Waals surface area contributed by atoms with Crippen LogP contribution in [0.2, 0.25) is 0 Å². The second-order valence-corrected chi connectivity index (χ2v) is 3.69. The SMILES string of the molecule is CCOCC(=O)N(C)CCc1ccccc1. The van der Waals surface area contributed by atoms with Gasteiger partial charge < -0.3 is 9.64 Å². The average Bonchev–Trinajstić information content (AvgIpc) is 2.34. The predicted molar refractivity (Wildman–Crippen MR) is 64.3 cm³/mol. The molecule has 88 valence electrons. The van der Waals surface area contributed by atoms with Gasteiger partial charge in [0.15, 0.2) is 0 Å². The van der Waals surface area contributed by atoms with Crippen molar-refractivity contribution in [1.82, 2.24) is 4.90 Å². The molecule has 0 unspecified atom stereocenters. The minimum Gasteiger partial charge on any atom is -0.372 e. The second-order valence-electron chi connectivity index (χ2n) is 3.69. The summed E-state index contributed by atoms with van der Waals surface area (Å²) in [5, 5.41) is 0. The number of hydrogen-bond acceptors (Lipinski definition) is 2. The third-order valence-electron chi connectivity index (χ3n) is 2.43. The number of carbonyl (C=O) groups is 1. The number of nitrogens with zero attached hydrogens (tertiary/aromatic N) is 1. The van der Waals surface area contributed by atoms with Crippen LogP contribution in [0.5, 0.6) is 0 Å². The van der Waals surface area contributed by atoms with Crippen LogP contribution in [-0.4, -0.2) is 37.6 Å². The van der Waals surface area contributed by atoms with Crippen LogP contribution in [0.25, 0.3) is 0 Å². The number of rotatable bonds is 6. The molecule has 0 aromatic heterocycles. The number of likely N-dealkylation sites (N-methyl/N-ethyl adjacent to an activating group) is 1. The molecular weight excluding hydrogens is 202 g/mol. The molecule has 1 rings (SSSR count). The van der Waals surface area contributed by atoms with Crippen molar-refractivity contribution in [2.24, 2.45) is 0 Å². The Bertz CT molecular complexity index is 311. The van der Waals surface area contributed by atoms with Crippen LogP contribution in [0.15, 0.2) is 30.3 Å². The topological polar surface area (TPSA) is 29.5 Å². The molecule has 0 heterocycles. The first-order chi connectivity index (χ1) is 7.74. The van der Waals surface area contributed by atoms with E-state index in [9.17, 15) is 4.79 Å². The van der Waals surface area contributed by atoms with Crippen LogP contribution in [0.1, 0.15) is 12.5 Å². The van der Waals surface area contributed by atoms with Crippen molar-refractivity contribution < 1.29 is 9.53 Å². The molecule has 0 atom stereocenters. The molecule has 0 saturated carbocycles. The summed E-state index contributed by atoms with van der Waals surface area (Å²) < 4.78 is 5.08. The molecule has 0 fully saturated rings. The van der Waals surface area contributed by atoms with Crippen molar-refractivity contribution in [3.8, 4) is 0 Å². The van der Waals surface area contributed by atoms with Gasteiger partial charge >= 0.3 is 0 Å². The van der Waals surface area contributed by atoms with E-state index in [0.717, 1.165) is 13.0 Å². The van der Waals surface area contributed by atoms with E-state index >= 15 is 0 Å². The molecule has 0 radical (unpaired) electrons. The van der Waals surface area contributed by atoms with E-state index in [1.807, 2.05) is 32.2 Å². The van der Waals surface area contributed by atoms with Crippen LogP contribution in [-0.2, 0) is 16.0 Å². The Kier molecular flexibility index (Phi) is 5.57. The third-order valence-corrected chi connectivity index (χ3v) is 2.43. The Hall–Kier alpha value is -1.35. The van der Waals surface area contributed by atoms with E-state index in [4.69, 9.17) is 4.74 Å². The molecule has 3 heteroatoms. The largest absolute Gasteiger partial charge is 0.372 e. The minimum absolute atomic E-state index is 0.0396. The van der Waals surface area contributed by atoms with E-state index < -0.39 is 0 Å². The summed E-state index contributed by atoms with van der Waals surface area (Å²) in [7, 11) is 1.81. The lowest BCUT2D eigenvalue weighted by molar-refractivity contribution is -0.134. The highest BCUT2D eigenvalue weighted by atomic mass is 16.5. The minimum atomic E-state index is 0.0396. The highest BCUT2D eigenvalue weighted by molar-refractivity contribution is 5.77. The van der Waals surface area contributed by atoms with E-state index in [-0.39, 0.29) is 12.5 Å². The molecule has 0 aliphatic rings. The summed E-state index contributed by atoms with van der Waals surface area (Å²) in [6.45, 7) is 3.38. The van der Waals surface area contributed by atoms with Gasteiger partial charge in [-0.3, -0.25) is 4.79 Å². The van der Waals surface area contributed by atoms with Gasteiger partial charge in [-0.05, 0) is 18.9 Å². The van der Waals surface area contributed by atoms with Gasteiger partial charge in [0, 0.05) is 20.2 Å². The van der Waals surface area contributed by atoms with Crippen molar-refractivity contribution in [3.63, 3.8) is 0 Å². The zero-order valence-electron chi connectivity index (χ0n) is 9.98. The molecule has 0 saturated heterocycles. The van der Waals surface area contributed by atoms with Gasteiger partial charge in [0.2, 0.25) is 5.91 Å². The van der Waals surface area contributed by atoms with E-state index in [0.29, 0.717) is 6.61 Å². The normalized spacial score (nSPS) is 10.1. The fraction of sp³-hybridized carbons (Fsp3) is 0.462. The quantitative estimate of drug-likeness (QED) is 0.732. The second kappa shape index (κ2) is 7.01. The van der Waals surface area contributed by atoms with Gasteiger partial charge in [-0.25, -0.2) is 0 Å². The van der Waals surface area contributed by atoms with Gasteiger partial charge in [0.05, 0.1) is 0 Å². The van der Waals surface area contributed by atoms with Crippen molar-refractivity contribution in [3.05, 3.63) is 35.9 Å². The molecule has 0 bridgehead atoms. The maximum Gasteiger partial charge on any atom is 0.248 e. The summed E-state index contributed by atoms with van der Waals surface area (Å²) in [6, 6.07) is 10.2. The summed E-state index contributed by atoms with van der Waals surface area (Å²) in [4.78, 5) is 13.2. The standard InChI is InChI=1S/C13H19NO2/c1-3-16-11-13(15)14(2)10-9-12-7-5-4-6-8-12/h4-8H,3,9-11H2,1-2H3. The molecule has 1 aromatic rings. The van der Waals surface area contributed by atoms with Crippen LogP contribution in [0.3, 0.4) is 0 Å². The lowest BCUT2D eigenvalue weighted by atomic mass is 10.1. The Morgan fingerprint density at radius 3 is 2.62 bits per heavy atom. The average molecular weight is 221 g/mol. The van der Waals surface area contributed by atoms with Crippen molar-refractivity contribution in [2.75, 3.05) is 26.8 Å². The van der Waals surface area contributed by atoms with Gasteiger partial charge in [0.1, 0.15) is 6.61 Å². The number of amides is 1. The van der Waals surface area contributed by atoms with Gasteiger partial charge in [-0.1, -0.05) is 30.3 Å². The first kappa shape index (κ1) is 12.7. The van der Waals surface area contributed by atoms with Gasteiger partial charge in [0.25, 0.3) is 0 Å². The van der Waals surface area contributed by atoms with Gasteiger partial charge in [-0.15, -0.1) is 0 Å². The zero-order chi connectivity index (χ0) is 11.8. The van der Waals surface area contributed by atoms with Crippen LogP contribution in [0, 0.1) is 0 Å². The monoisotopic (exact) mass is 221 g/mol. The maximum atomic E-state index is 11.5. The smallest absolute Gasteiger partial charge is 0.248 e. The Morgan fingerprint density at radius 1 is 1.31 bits per heavy atom. The fourth-order valence-electron chi connectivity index (χ4n) is 1.37.